The van der Waals surface area contributed by atoms with Gasteiger partial charge in [-0.05, 0) is 78.6 Å². The quantitative estimate of drug-likeness (QED) is 0.0588. The van der Waals surface area contributed by atoms with Gasteiger partial charge in [-0.2, -0.15) is 0 Å². The molecule has 0 saturated heterocycles. The molecule has 0 fully saturated rings. The lowest BCUT2D eigenvalue weighted by Crippen LogP contribution is -2.38. The minimum Gasteiger partial charge on any atom is -0.497 e. The predicted molar refractivity (Wildman–Crippen MR) is 218 cm³/mol. The maximum Gasteiger partial charge on any atom is 0.255 e. The van der Waals surface area contributed by atoms with Crippen molar-refractivity contribution >= 4 is 23.7 Å². The maximum absolute atomic E-state index is 12.8. The van der Waals surface area contributed by atoms with Crippen LogP contribution >= 0.6 is 0 Å². The lowest BCUT2D eigenvalue weighted by Gasteiger charge is -2.28. The number of rotatable bonds is 22. The molecular weight excluding hydrogens is 716 g/mol. The predicted octanol–water partition coefficient (Wildman–Crippen LogP) is 8.96. The Morgan fingerprint density at radius 2 is 1.14 bits per heavy atom. The zero-order chi connectivity index (χ0) is 39.9. The van der Waals surface area contributed by atoms with E-state index in [2.05, 4.69) is 10.6 Å². The molecule has 0 aliphatic carbocycles. The molecule has 0 bridgehead atoms. The third-order valence-electron chi connectivity index (χ3n) is 9.53. The molecule has 1 aliphatic rings. The first-order valence-electron chi connectivity index (χ1n) is 18.8. The number of ether oxygens (including phenoxy) is 9. The third-order valence-corrected chi connectivity index (χ3v) is 9.53. The van der Waals surface area contributed by atoms with Crippen molar-refractivity contribution in [3.8, 4) is 51.7 Å². The van der Waals surface area contributed by atoms with Gasteiger partial charge in [-0.25, -0.2) is 0 Å². The van der Waals surface area contributed by atoms with E-state index in [-0.39, 0.29) is 5.91 Å². The summed E-state index contributed by atoms with van der Waals surface area (Å²) in [6.07, 6.45) is 10.9. The van der Waals surface area contributed by atoms with Crippen LogP contribution in [0.5, 0.6) is 51.7 Å². The molecule has 1 aliphatic heterocycles. The van der Waals surface area contributed by atoms with Gasteiger partial charge in [0.05, 0.1) is 68.5 Å². The van der Waals surface area contributed by atoms with E-state index in [0.29, 0.717) is 70.5 Å². The van der Waals surface area contributed by atoms with Crippen LogP contribution in [0, 0.1) is 0 Å². The topological polar surface area (TPSA) is 124 Å². The fraction of sp³-hybridized carbons (Fsp3) is 0.386. The molecule has 12 nitrogen and oxygen atoms in total. The van der Waals surface area contributed by atoms with Crippen molar-refractivity contribution in [1.29, 1.82) is 0 Å². The van der Waals surface area contributed by atoms with Gasteiger partial charge >= 0.3 is 0 Å². The molecule has 1 unspecified atom stereocenters. The molecule has 1 amide bonds. The Balaban J connectivity index is 1.02. The first-order valence-corrected chi connectivity index (χ1v) is 18.8. The van der Waals surface area contributed by atoms with Crippen molar-refractivity contribution in [1.82, 2.24) is 5.32 Å². The highest BCUT2D eigenvalue weighted by atomic mass is 16.5. The van der Waals surface area contributed by atoms with Gasteiger partial charge in [0, 0.05) is 11.3 Å². The fourth-order valence-corrected chi connectivity index (χ4v) is 6.54. The zero-order valence-corrected chi connectivity index (χ0v) is 33.5. The average molecular weight is 771 g/mol. The summed E-state index contributed by atoms with van der Waals surface area (Å²) in [7, 11) is 11.2. The van der Waals surface area contributed by atoms with E-state index >= 15 is 0 Å². The maximum atomic E-state index is 12.8. The Morgan fingerprint density at radius 1 is 0.518 bits per heavy atom. The summed E-state index contributed by atoms with van der Waals surface area (Å²) in [4.78, 5) is 12.8. The molecule has 12 heteroatoms. The largest absolute Gasteiger partial charge is 0.497 e. The number of hydrogen-bond acceptors (Lipinski definition) is 11. The normalized spacial score (nSPS) is 13.3. The Labute approximate surface area is 329 Å². The molecular formula is C44H54N2O10. The van der Waals surface area contributed by atoms with Crippen molar-refractivity contribution in [2.75, 3.05) is 68.3 Å². The summed E-state index contributed by atoms with van der Waals surface area (Å²) in [5.74, 6) is 5.25. The van der Waals surface area contributed by atoms with Crippen LogP contribution in [0.15, 0.2) is 60.7 Å². The van der Waals surface area contributed by atoms with Crippen molar-refractivity contribution in [2.24, 2.45) is 0 Å². The summed E-state index contributed by atoms with van der Waals surface area (Å²) in [6, 6.07) is 18.7. The summed E-state index contributed by atoms with van der Waals surface area (Å²) in [5.41, 5.74) is 3.87. The molecule has 5 rings (SSSR count). The van der Waals surface area contributed by atoms with Crippen LogP contribution in [0.1, 0.15) is 78.2 Å². The summed E-state index contributed by atoms with van der Waals surface area (Å²) in [5, 5.41) is 6.38. The fourth-order valence-electron chi connectivity index (χ4n) is 6.54. The van der Waals surface area contributed by atoms with Gasteiger partial charge in [-0.1, -0.05) is 50.3 Å². The first-order chi connectivity index (χ1) is 27.4. The van der Waals surface area contributed by atoms with E-state index in [4.69, 9.17) is 42.6 Å². The molecule has 4 aromatic carbocycles. The van der Waals surface area contributed by atoms with Gasteiger partial charge in [0.25, 0.3) is 5.91 Å². The SMILES string of the molecule is COc1ccc2c(c1)C(=O)NC(c1ccc(OCCCCCCCCCOc3c(OC)ccc(/C=C/c4cc(OC)c(OC)c(OC)c4)c3OC)c(OC)c1)N2. The van der Waals surface area contributed by atoms with E-state index in [9.17, 15) is 4.79 Å². The molecule has 1 heterocycles. The van der Waals surface area contributed by atoms with Gasteiger partial charge < -0.3 is 53.3 Å². The molecule has 0 saturated carbocycles. The number of amides is 1. The molecule has 300 valence electrons. The lowest BCUT2D eigenvalue weighted by atomic mass is 10.0. The van der Waals surface area contributed by atoms with Crippen LogP contribution in [-0.4, -0.2) is 68.9 Å². The highest BCUT2D eigenvalue weighted by Crippen LogP contribution is 2.42. The highest BCUT2D eigenvalue weighted by molar-refractivity contribution is 6.02. The average Bonchev–Trinajstić information content (AvgIpc) is 3.23. The van der Waals surface area contributed by atoms with E-state index in [1.54, 1.807) is 55.8 Å². The minimum atomic E-state index is -0.398. The first kappa shape index (κ1) is 41.3. The number of methoxy groups -OCH3 is 7. The second kappa shape index (κ2) is 20.7. The Hall–Kier alpha value is -5.91. The Kier molecular flexibility index (Phi) is 15.2. The molecule has 0 radical (unpaired) electrons. The van der Waals surface area contributed by atoms with Gasteiger partial charge in [-0.15, -0.1) is 0 Å². The number of benzene rings is 4. The zero-order valence-electron chi connectivity index (χ0n) is 33.5. The number of fused-ring (bicyclic) bond motifs is 1. The van der Waals surface area contributed by atoms with Gasteiger partial charge in [0.15, 0.2) is 34.5 Å². The third kappa shape index (κ3) is 10.2. The van der Waals surface area contributed by atoms with Gasteiger partial charge in [0.1, 0.15) is 11.9 Å². The highest BCUT2D eigenvalue weighted by Gasteiger charge is 2.26. The van der Waals surface area contributed by atoms with Crippen LogP contribution in [0.4, 0.5) is 5.69 Å². The van der Waals surface area contributed by atoms with E-state index in [1.807, 2.05) is 66.7 Å². The minimum absolute atomic E-state index is 0.169. The number of unbranched alkanes of at least 4 members (excludes halogenated alkanes) is 6. The van der Waals surface area contributed by atoms with Crippen LogP contribution in [-0.2, 0) is 0 Å². The van der Waals surface area contributed by atoms with Crippen molar-refractivity contribution in [2.45, 2.75) is 51.1 Å². The van der Waals surface area contributed by atoms with E-state index < -0.39 is 6.17 Å². The second-order valence-electron chi connectivity index (χ2n) is 13.1. The second-order valence-corrected chi connectivity index (χ2v) is 13.1. The number of hydrogen-bond donors (Lipinski definition) is 2. The van der Waals surface area contributed by atoms with Crippen LogP contribution in [0.25, 0.3) is 12.2 Å². The Bertz CT molecular complexity index is 1920. The van der Waals surface area contributed by atoms with Crippen LogP contribution < -0.4 is 53.3 Å². The van der Waals surface area contributed by atoms with Crippen molar-refractivity contribution in [3.63, 3.8) is 0 Å². The molecule has 0 spiro atoms. The van der Waals surface area contributed by atoms with Crippen molar-refractivity contribution in [3.05, 3.63) is 82.9 Å². The van der Waals surface area contributed by atoms with Gasteiger partial charge in [-0.3, -0.25) is 4.79 Å². The van der Waals surface area contributed by atoms with E-state index in [1.165, 1.54) is 0 Å². The monoisotopic (exact) mass is 770 g/mol. The number of carbonyl (C=O) groups is 1. The summed E-state index contributed by atoms with van der Waals surface area (Å²) >= 11 is 0. The number of nitrogens with one attached hydrogen (secondary N) is 2. The standard InChI is InChI=1S/C44H54N2O10/c1-48-32-19-20-34-33(28-32)44(47)46-43(45-34)31-18-21-35(37(27-31)50-3)55-23-13-11-9-8-10-12-14-24-56-42-36(49-2)22-17-30(40(42)53-6)16-15-29-25-38(51-4)41(54-7)39(26-29)52-5/h15-22,25-28,43,45H,8-14,23-24H2,1-7H3,(H,46,47)/b16-15+. The molecule has 56 heavy (non-hydrogen) atoms. The Morgan fingerprint density at radius 3 is 1.77 bits per heavy atom. The smallest absolute Gasteiger partial charge is 0.255 e. The number of anilines is 1. The van der Waals surface area contributed by atoms with Crippen LogP contribution in [0.3, 0.4) is 0 Å². The summed E-state index contributed by atoms with van der Waals surface area (Å²) in [6.45, 7) is 1.14. The molecule has 2 N–H and O–H groups in total. The molecule has 4 aromatic rings. The molecule has 1 atom stereocenters. The van der Waals surface area contributed by atoms with Crippen molar-refractivity contribution < 1.29 is 47.4 Å². The molecule has 0 aromatic heterocycles. The lowest BCUT2D eigenvalue weighted by molar-refractivity contribution is 0.0935. The van der Waals surface area contributed by atoms with Crippen LogP contribution in [0.2, 0.25) is 0 Å². The van der Waals surface area contributed by atoms with E-state index in [0.717, 1.165) is 67.3 Å². The summed E-state index contributed by atoms with van der Waals surface area (Å²) < 4.78 is 51.1. The van der Waals surface area contributed by atoms with Gasteiger partial charge in [0.2, 0.25) is 11.5 Å². The number of carbonyl (C=O) groups excluding carboxylic acids is 1.